The Hall–Kier alpha value is -2.02. The van der Waals surface area contributed by atoms with Gasteiger partial charge >= 0.3 is 6.01 Å². The highest BCUT2D eigenvalue weighted by atomic mass is 35.5. The van der Waals surface area contributed by atoms with Crippen LogP contribution >= 0.6 is 11.6 Å². The molecule has 0 fully saturated rings. The maximum Gasteiger partial charge on any atom is 0.322 e. The van der Waals surface area contributed by atoms with E-state index < -0.39 is 11.6 Å². The van der Waals surface area contributed by atoms with Gasteiger partial charge in [-0.2, -0.15) is 15.0 Å². The van der Waals surface area contributed by atoms with Crippen LogP contribution in [-0.2, 0) is 0 Å². The van der Waals surface area contributed by atoms with E-state index >= 15 is 0 Å². The Morgan fingerprint density at radius 1 is 1.22 bits per heavy atom. The highest BCUT2D eigenvalue weighted by Gasteiger charge is 2.09. The summed E-state index contributed by atoms with van der Waals surface area (Å²) in [6.45, 7) is 0. The Labute approximate surface area is 106 Å². The zero-order valence-electron chi connectivity index (χ0n) is 9.12. The van der Waals surface area contributed by atoms with Gasteiger partial charge in [0.05, 0.1) is 12.8 Å². The fraction of sp³-hybridized carbons (Fsp3) is 0.100. The summed E-state index contributed by atoms with van der Waals surface area (Å²) in [7, 11) is 1.35. The molecule has 5 nitrogen and oxygen atoms in total. The normalized spacial score (nSPS) is 10.2. The fourth-order valence-corrected chi connectivity index (χ4v) is 1.35. The molecule has 0 bridgehead atoms. The number of halogens is 3. The zero-order chi connectivity index (χ0) is 13.1. The lowest BCUT2D eigenvalue weighted by Gasteiger charge is -2.07. The minimum absolute atomic E-state index is 0.0330. The van der Waals surface area contributed by atoms with Crippen LogP contribution in [0.1, 0.15) is 0 Å². The third-order valence-electron chi connectivity index (χ3n) is 1.95. The van der Waals surface area contributed by atoms with Crippen LogP contribution in [-0.4, -0.2) is 22.1 Å². The quantitative estimate of drug-likeness (QED) is 0.930. The number of ether oxygens (including phenoxy) is 1. The van der Waals surface area contributed by atoms with E-state index in [1.165, 1.54) is 7.11 Å². The number of hydrogen-bond acceptors (Lipinski definition) is 5. The van der Waals surface area contributed by atoms with Gasteiger partial charge in [0, 0.05) is 6.07 Å². The van der Waals surface area contributed by atoms with Gasteiger partial charge in [-0.15, -0.1) is 0 Å². The first-order valence-electron chi connectivity index (χ1n) is 4.76. The molecule has 1 heterocycles. The Kier molecular flexibility index (Phi) is 3.52. The van der Waals surface area contributed by atoms with Gasteiger partial charge in [-0.25, -0.2) is 8.78 Å². The SMILES string of the molecule is COc1nc(Cl)nc(Nc2cc(F)ccc2F)n1. The van der Waals surface area contributed by atoms with E-state index in [1.807, 2.05) is 0 Å². The third kappa shape index (κ3) is 2.80. The molecule has 0 amide bonds. The van der Waals surface area contributed by atoms with Crippen LogP contribution in [0.4, 0.5) is 20.4 Å². The van der Waals surface area contributed by atoms with Crippen LogP contribution in [0.15, 0.2) is 18.2 Å². The Bertz CT molecular complexity index is 582. The van der Waals surface area contributed by atoms with Crippen molar-refractivity contribution in [1.82, 2.24) is 15.0 Å². The summed E-state index contributed by atoms with van der Waals surface area (Å²) in [4.78, 5) is 11.1. The second kappa shape index (κ2) is 5.09. The molecule has 0 aliphatic heterocycles. The average Bonchev–Trinajstić information content (AvgIpc) is 2.33. The summed E-state index contributed by atoms with van der Waals surface area (Å²) in [6.07, 6.45) is 0. The maximum absolute atomic E-state index is 13.4. The molecule has 0 aliphatic carbocycles. The predicted molar refractivity (Wildman–Crippen MR) is 61.0 cm³/mol. The molecule has 1 N–H and O–H groups in total. The number of benzene rings is 1. The van der Waals surface area contributed by atoms with Gasteiger partial charge in [-0.3, -0.25) is 0 Å². The van der Waals surface area contributed by atoms with E-state index in [-0.39, 0.29) is 22.9 Å². The molecule has 1 aromatic carbocycles. The van der Waals surface area contributed by atoms with Crippen LogP contribution in [0.2, 0.25) is 5.28 Å². The number of hydrogen-bond donors (Lipinski definition) is 1. The first kappa shape index (κ1) is 12.4. The molecule has 0 saturated heterocycles. The average molecular weight is 273 g/mol. The smallest absolute Gasteiger partial charge is 0.322 e. The van der Waals surface area contributed by atoms with Crippen molar-refractivity contribution in [2.24, 2.45) is 0 Å². The lowest BCUT2D eigenvalue weighted by Crippen LogP contribution is -2.03. The van der Waals surface area contributed by atoms with Gasteiger partial charge in [-0.1, -0.05) is 0 Å². The summed E-state index contributed by atoms with van der Waals surface area (Å²) in [5.41, 5.74) is -0.112. The molecule has 2 aromatic rings. The molecule has 1 aromatic heterocycles. The number of anilines is 2. The second-order valence-corrected chi connectivity index (χ2v) is 3.50. The van der Waals surface area contributed by atoms with E-state index in [0.29, 0.717) is 0 Å². The number of nitrogens with zero attached hydrogens (tertiary/aromatic N) is 3. The number of methoxy groups -OCH3 is 1. The van der Waals surface area contributed by atoms with E-state index in [1.54, 1.807) is 0 Å². The Morgan fingerprint density at radius 2 is 2.00 bits per heavy atom. The molecule has 18 heavy (non-hydrogen) atoms. The van der Waals surface area contributed by atoms with Crippen molar-refractivity contribution in [2.75, 3.05) is 12.4 Å². The Morgan fingerprint density at radius 3 is 2.72 bits per heavy atom. The zero-order valence-corrected chi connectivity index (χ0v) is 9.87. The molecule has 0 spiro atoms. The lowest BCUT2D eigenvalue weighted by molar-refractivity contribution is 0.379. The van der Waals surface area contributed by atoms with Gasteiger partial charge in [0.2, 0.25) is 11.2 Å². The first-order chi connectivity index (χ1) is 8.58. The number of rotatable bonds is 3. The summed E-state index contributed by atoms with van der Waals surface area (Å²) >= 11 is 5.62. The lowest BCUT2D eigenvalue weighted by atomic mass is 10.3. The van der Waals surface area contributed by atoms with Crippen molar-refractivity contribution in [3.05, 3.63) is 35.1 Å². The van der Waals surface area contributed by atoms with Crippen LogP contribution in [0.5, 0.6) is 6.01 Å². The minimum Gasteiger partial charge on any atom is -0.467 e. The predicted octanol–water partition coefficient (Wildman–Crippen LogP) is 2.56. The summed E-state index contributed by atoms with van der Waals surface area (Å²) in [6, 6.07) is 2.92. The second-order valence-electron chi connectivity index (χ2n) is 3.16. The summed E-state index contributed by atoms with van der Waals surface area (Å²) in [5, 5.41) is 2.36. The summed E-state index contributed by atoms with van der Waals surface area (Å²) < 4.78 is 31.1. The van der Waals surface area contributed by atoms with E-state index in [4.69, 9.17) is 16.3 Å². The molecular formula is C10H7ClF2N4O. The van der Waals surface area contributed by atoms with E-state index in [9.17, 15) is 8.78 Å². The largest absolute Gasteiger partial charge is 0.467 e. The minimum atomic E-state index is -0.646. The van der Waals surface area contributed by atoms with Crippen molar-refractivity contribution in [1.29, 1.82) is 0 Å². The highest BCUT2D eigenvalue weighted by Crippen LogP contribution is 2.20. The van der Waals surface area contributed by atoms with Crippen molar-refractivity contribution in [3.8, 4) is 6.01 Å². The number of nitrogens with one attached hydrogen (secondary N) is 1. The Balaban J connectivity index is 2.33. The van der Waals surface area contributed by atoms with E-state index in [2.05, 4.69) is 20.3 Å². The third-order valence-corrected chi connectivity index (χ3v) is 2.11. The molecule has 0 atom stereocenters. The topological polar surface area (TPSA) is 59.9 Å². The fourth-order valence-electron chi connectivity index (χ4n) is 1.19. The number of aromatic nitrogens is 3. The molecule has 0 unspecified atom stereocenters. The molecule has 2 rings (SSSR count). The molecule has 8 heteroatoms. The van der Waals surface area contributed by atoms with E-state index in [0.717, 1.165) is 18.2 Å². The summed E-state index contributed by atoms with van der Waals surface area (Å²) in [5.74, 6) is -1.28. The van der Waals surface area contributed by atoms with Crippen molar-refractivity contribution < 1.29 is 13.5 Å². The van der Waals surface area contributed by atoms with Gasteiger partial charge in [0.15, 0.2) is 0 Å². The highest BCUT2D eigenvalue weighted by molar-refractivity contribution is 6.28. The van der Waals surface area contributed by atoms with Crippen LogP contribution in [0.3, 0.4) is 0 Å². The van der Waals surface area contributed by atoms with Gasteiger partial charge in [0.1, 0.15) is 11.6 Å². The van der Waals surface area contributed by atoms with Gasteiger partial charge in [0.25, 0.3) is 0 Å². The molecule has 94 valence electrons. The maximum atomic E-state index is 13.4. The van der Waals surface area contributed by atoms with Crippen molar-refractivity contribution in [2.45, 2.75) is 0 Å². The molecule has 0 radical (unpaired) electrons. The van der Waals surface area contributed by atoms with Gasteiger partial charge in [-0.05, 0) is 23.7 Å². The monoisotopic (exact) mass is 272 g/mol. The molecule has 0 saturated carbocycles. The molecular weight excluding hydrogens is 266 g/mol. The van der Waals surface area contributed by atoms with Crippen molar-refractivity contribution >= 4 is 23.2 Å². The molecule has 0 aliphatic rings. The standard InChI is InChI=1S/C10H7ClF2N4O/c1-18-10-16-8(11)15-9(17-10)14-7-4-5(12)2-3-6(7)13/h2-4H,1H3,(H,14,15,16,17). The van der Waals surface area contributed by atoms with Crippen molar-refractivity contribution in [3.63, 3.8) is 0 Å². The van der Waals surface area contributed by atoms with Crippen LogP contribution in [0.25, 0.3) is 0 Å². The van der Waals surface area contributed by atoms with Crippen LogP contribution in [0, 0.1) is 11.6 Å². The first-order valence-corrected chi connectivity index (χ1v) is 5.14. The van der Waals surface area contributed by atoms with Crippen LogP contribution < -0.4 is 10.1 Å². The van der Waals surface area contributed by atoms with Gasteiger partial charge < -0.3 is 10.1 Å².